The van der Waals surface area contributed by atoms with Gasteiger partial charge in [0.1, 0.15) is 23.0 Å². The molecule has 140 valence electrons. The van der Waals surface area contributed by atoms with Gasteiger partial charge in [0.15, 0.2) is 5.60 Å². The molecule has 3 aromatic rings. The van der Waals surface area contributed by atoms with E-state index in [9.17, 15) is 15.0 Å². The van der Waals surface area contributed by atoms with Crippen LogP contribution in [0, 0.1) is 0 Å². The van der Waals surface area contributed by atoms with E-state index in [2.05, 4.69) is 0 Å². The van der Waals surface area contributed by atoms with Crippen molar-refractivity contribution >= 4 is 5.97 Å². The zero-order valence-electron chi connectivity index (χ0n) is 15.4. The van der Waals surface area contributed by atoms with Crippen molar-refractivity contribution < 1.29 is 24.5 Å². The fourth-order valence-electron chi connectivity index (χ4n) is 4.17. The van der Waals surface area contributed by atoms with Gasteiger partial charge in [-0.05, 0) is 35.7 Å². The summed E-state index contributed by atoms with van der Waals surface area (Å²) in [6.07, 6.45) is 0. The summed E-state index contributed by atoms with van der Waals surface area (Å²) < 4.78 is 12.0. The maximum absolute atomic E-state index is 12.7. The Hall–Kier alpha value is -3.47. The van der Waals surface area contributed by atoms with Gasteiger partial charge in [-0.1, -0.05) is 32.0 Å². The summed E-state index contributed by atoms with van der Waals surface area (Å²) in [7, 11) is 0. The highest BCUT2D eigenvalue weighted by Crippen LogP contribution is 2.57. The lowest BCUT2D eigenvalue weighted by molar-refractivity contribution is 0.0224. The number of phenolic OH excluding ortho intramolecular Hbond substituents is 2. The maximum Gasteiger partial charge on any atom is 0.340 e. The Bertz CT molecular complexity index is 1150. The summed E-state index contributed by atoms with van der Waals surface area (Å²) in [6.45, 7) is 3.97. The van der Waals surface area contributed by atoms with Crippen molar-refractivity contribution in [2.24, 2.45) is 0 Å². The molecule has 2 aliphatic rings. The quantitative estimate of drug-likeness (QED) is 0.599. The molecule has 1 atom stereocenters. The van der Waals surface area contributed by atoms with Gasteiger partial charge >= 0.3 is 5.97 Å². The number of carbonyl (C=O) groups excluding carboxylic acids is 1. The van der Waals surface area contributed by atoms with Crippen LogP contribution in [-0.2, 0) is 10.3 Å². The monoisotopic (exact) mass is 374 g/mol. The third-order valence-corrected chi connectivity index (χ3v) is 5.47. The summed E-state index contributed by atoms with van der Waals surface area (Å²) in [5.74, 6) is 0.582. The molecule has 0 saturated heterocycles. The van der Waals surface area contributed by atoms with Crippen molar-refractivity contribution in [1.82, 2.24) is 0 Å². The summed E-state index contributed by atoms with van der Waals surface area (Å²) in [5.41, 5.74) is 2.05. The molecule has 0 aromatic heterocycles. The Labute approximate surface area is 161 Å². The Kier molecular flexibility index (Phi) is 3.29. The molecule has 0 fully saturated rings. The minimum absolute atomic E-state index is 0.0398. The average Bonchev–Trinajstić information content (AvgIpc) is 2.95. The van der Waals surface area contributed by atoms with Crippen LogP contribution in [0.25, 0.3) is 0 Å². The molecule has 2 heterocycles. The molecule has 0 saturated carbocycles. The van der Waals surface area contributed by atoms with E-state index in [1.165, 1.54) is 6.07 Å². The number of aromatic hydroxyl groups is 2. The molecule has 0 amide bonds. The number of carbonyl (C=O) groups is 1. The molecule has 5 nitrogen and oxygen atoms in total. The summed E-state index contributed by atoms with van der Waals surface area (Å²) in [5, 5.41) is 20.4. The first-order chi connectivity index (χ1) is 13.4. The lowest BCUT2D eigenvalue weighted by atomic mass is 9.76. The minimum atomic E-state index is -1.19. The molecular formula is C23H18O5. The predicted octanol–water partition coefficient (Wildman–Crippen LogP) is 4.79. The molecule has 0 bridgehead atoms. The SMILES string of the molecule is CC(C)c1cc2c(cc1O)Oc1cc(O)ccc1C21OC(=O)c2ccccc21. The second-order valence-electron chi connectivity index (χ2n) is 7.46. The zero-order chi connectivity index (χ0) is 19.6. The molecule has 3 aromatic carbocycles. The maximum atomic E-state index is 12.7. The van der Waals surface area contributed by atoms with Gasteiger partial charge in [0, 0.05) is 28.8 Å². The van der Waals surface area contributed by atoms with E-state index in [1.54, 1.807) is 30.3 Å². The van der Waals surface area contributed by atoms with Gasteiger partial charge in [-0.2, -0.15) is 0 Å². The lowest BCUT2D eigenvalue weighted by Gasteiger charge is -2.37. The number of rotatable bonds is 1. The lowest BCUT2D eigenvalue weighted by Crippen LogP contribution is -2.33. The molecule has 2 aliphatic heterocycles. The van der Waals surface area contributed by atoms with E-state index in [4.69, 9.17) is 9.47 Å². The Morgan fingerprint density at radius 2 is 1.64 bits per heavy atom. The number of hydrogen-bond donors (Lipinski definition) is 2. The van der Waals surface area contributed by atoms with E-state index >= 15 is 0 Å². The fourth-order valence-corrected chi connectivity index (χ4v) is 4.17. The van der Waals surface area contributed by atoms with Gasteiger partial charge in [-0.15, -0.1) is 0 Å². The van der Waals surface area contributed by atoms with Gasteiger partial charge in [-0.3, -0.25) is 0 Å². The highest BCUT2D eigenvalue weighted by atomic mass is 16.6. The first kappa shape index (κ1) is 16.7. The average molecular weight is 374 g/mol. The van der Waals surface area contributed by atoms with E-state index in [1.807, 2.05) is 32.0 Å². The molecule has 5 heteroatoms. The van der Waals surface area contributed by atoms with Crippen LogP contribution in [0.2, 0.25) is 0 Å². The first-order valence-electron chi connectivity index (χ1n) is 9.13. The molecule has 1 unspecified atom stereocenters. The second kappa shape index (κ2) is 5.52. The van der Waals surface area contributed by atoms with Crippen molar-refractivity contribution in [1.29, 1.82) is 0 Å². The van der Waals surface area contributed by atoms with Crippen molar-refractivity contribution in [3.63, 3.8) is 0 Å². The summed E-state index contributed by atoms with van der Waals surface area (Å²) in [4.78, 5) is 12.7. The van der Waals surface area contributed by atoms with E-state index in [-0.39, 0.29) is 17.4 Å². The van der Waals surface area contributed by atoms with Crippen LogP contribution in [0.5, 0.6) is 23.0 Å². The van der Waals surface area contributed by atoms with Crippen LogP contribution >= 0.6 is 0 Å². The molecule has 28 heavy (non-hydrogen) atoms. The van der Waals surface area contributed by atoms with Crippen LogP contribution < -0.4 is 4.74 Å². The van der Waals surface area contributed by atoms with Crippen molar-refractivity contribution in [3.05, 3.63) is 82.4 Å². The Morgan fingerprint density at radius 1 is 0.893 bits per heavy atom. The van der Waals surface area contributed by atoms with Crippen LogP contribution in [0.3, 0.4) is 0 Å². The number of hydrogen-bond acceptors (Lipinski definition) is 5. The van der Waals surface area contributed by atoms with Crippen LogP contribution in [0.4, 0.5) is 0 Å². The second-order valence-corrected chi connectivity index (χ2v) is 7.46. The highest BCUT2D eigenvalue weighted by molar-refractivity contribution is 5.97. The molecular weight excluding hydrogens is 356 g/mol. The van der Waals surface area contributed by atoms with E-state index in [0.29, 0.717) is 28.2 Å². The Balaban J connectivity index is 1.90. The zero-order valence-corrected chi connectivity index (χ0v) is 15.4. The van der Waals surface area contributed by atoms with Gasteiger partial charge in [0.05, 0.1) is 5.56 Å². The third-order valence-electron chi connectivity index (χ3n) is 5.47. The minimum Gasteiger partial charge on any atom is -0.508 e. The predicted molar refractivity (Wildman–Crippen MR) is 102 cm³/mol. The van der Waals surface area contributed by atoms with E-state index < -0.39 is 11.6 Å². The number of fused-ring (bicyclic) bond motifs is 6. The third kappa shape index (κ3) is 2.04. The molecule has 0 radical (unpaired) electrons. The topological polar surface area (TPSA) is 76.0 Å². The largest absolute Gasteiger partial charge is 0.508 e. The van der Waals surface area contributed by atoms with Gasteiger partial charge in [0.2, 0.25) is 0 Å². The Morgan fingerprint density at radius 3 is 2.43 bits per heavy atom. The van der Waals surface area contributed by atoms with Gasteiger partial charge < -0.3 is 19.7 Å². The van der Waals surface area contributed by atoms with Crippen molar-refractivity contribution in [2.45, 2.75) is 25.4 Å². The van der Waals surface area contributed by atoms with Crippen LogP contribution in [0.15, 0.2) is 54.6 Å². The number of benzene rings is 3. The standard InChI is InChI=1S/C23H18O5/c1-12(2)15-10-18-21(11-19(15)25)27-20-9-13(24)7-8-17(20)23(18)16-6-4-3-5-14(16)22(26)28-23/h3-12,24-25H,1-2H3. The normalized spacial score (nSPS) is 19.0. The van der Waals surface area contributed by atoms with Gasteiger partial charge in [0.25, 0.3) is 0 Å². The molecule has 0 aliphatic carbocycles. The first-order valence-corrected chi connectivity index (χ1v) is 9.13. The summed E-state index contributed by atoms with van der Waals surface area (Å²) >= 11 is 0. The number of esters is 1. The van der Waals surface area contributed by atoms with Crippen molar-refractivity contribution in [2.75, 3.05) is 0 Å². The number of phenols is 2. The fraction of sp³-hybridized carbons (Fsp3) is 0.174. The highest BCUT2D eigenvalue weighted by Gasteiger charge is 2.53. The summed E-state index contributed by atoms with van der Waals surface area (Å²) in [6, 6.07) is 15.4. The smallest absolute Gasteiger partial charge is 0.340 e. The van der Waals surface area contributed by atoms with Crippen LogP contribution in [0.1, 0.15) is 52.4 Å². The molecule has 2 N–H and O–H groups in total. The number of ether oxygens (including phenoxy) is 2. The molecule has 5 rings (SSSR count). The molecule has 1 spiro atoms. The van der Waals surface area contributed by atoms with E-state index in [0.717, 1.165) is 11.1 Å². The van der Waals surface area contributed by atoms with Gasteiger partial charge in [-0.25, -0.2) is 4.79 Å². The van der Waals surface area contributed by atoms with Crippen molar-refractivity contribution in [3.8, 4) is 23.0 Å². The van der Waals surface area contributed by atoms with Crippen LogP contribution in [-0.4, -0.2) is 16.2 Å².